The second-order valence-corrected chi connectivity index (χ2v) is 1.70. The maximum absolute atomic E-state index is 9.62. The highest BCUT2D eigenvalue weighted by Gasteiger charge is 1.98. The van der Waals surface area contributed by atoms with Crippen LogP contribution in [-0.4, -0.2) is 35.9 Å². The SMILES string of the molecule is O=CNCCC(O)CO. The third kappa shape index (κ3) is 5.26. The lowest BCUT2D eigenvalue weighted by Gasteiger charge is -2.03. The molecule has 0 rings (SSSR count). The molecule has 1 atom stereocenters. The third-order valence-electron chi connectivity index (χ3n) is 0.916. The van der Waals surface area contributed by atoms with Crippen molar-refractivity contribution in [3.05, 3.63) is 0 Å². The molecule has 0 aliphatic heterocycles. The van der Waals surface area contributed by atoms with Gasteiger partial charge in [0.2, 0.25) is 6.41 Å². The third-order valence-corrected chi connectivity index (χ3v) is 0.916. The van der Waals surface area contributed by atoms with Crippen LogP contribution in [-0.2, 0) is 4.79 Å². The number of rotatable bonds is 5. The minimum Gasteiger partial charge on any atom is -0.394 e. The van der Waals surface area contributed by atoms with Gasteiger partial charge in [-0.15, -0.1) is 0 Å². The maximum atomic E-state index is 9.62. The van der Waals surface area contributed by atoms with Crippen LogP contribution >= 0.6 is 0 Å². The molecule has 0 aromatic carbocycles. The van der Waals surface area contributed by atoms with Gasteiger partial charge in [0, 0.05) is 6.54 Å². The van der Waals surface area contributed by atoms with E-state index in [1.165, 1.54) is 0 Å². The molecule has 0 aliphatic rings. The summed E-state index contributed by atoms with van der Waals surface area (Å²) in [6.45, 7) is 0.158. The van der Waals surface area contributed by atoms with E-state index in [-0.39, 0.29) is 6.61 Å². The Morgan fingerprint density at radius 1 is 1.67 bits per heavy atom. The molecule has 4 heteroatoms. The Bertz CT molecular complexity index is 76.6. The number of aliphatic hydroxyl groups is 2. The molecule has 0 fully saturated rings. The zero-order valence-electron chi connectivity index (χ0n) is 5.08. The van der Waals surface area contributed by atoms with Crippen molar-refractivity contribution in [2.45, 2.75) is 12.5 Å². The maximum Gasteiger partial charge on any atom is 0.207 e. The molecule has 4 nitrogen and oxygen atoms in total. The molecule has 0 radical (unpaired) electrons. The number of carbonyl (C=O) groups excluding carboxylic acids is 1. The van der Waals surface area contributed by atoms with Crippen molar-refractivity contribution < 1.29 is 15.0 Å². The Hall–Kier alpha value is -0.610. The van der Waals surface area contributed by atoms with E-state index >= 15 is 0 Å². The van der Waals surface area contributed by atoms with Crippen LogP contribution in [0, 0.1) is 0 Å². The van der Waals surface area contributed by atoms with Gasteiger partial charge in [-0.25, -0.2) is 0 Å². The fourth-order valence-electron chi connectivity index (χ4n) is 0.400. The topological polar surface area (TPSA) is 69.6 Å². The van der Waals surface area contributed by atoms with Gasteiger partial charge >= 0.3 is 0 Å². The van der Waals surface area contributed by atoms with Crippen LogP contribution in [0.1, 0.15) is 6.42 Å². The second-order valence-electron chi connectivity index (χ2n) is 1.70. The average molecular weight is 133 g/mol. The number of amides is 1. The Labute approximate surface area is 53.5 Å². The van der Waals surface area contributed by atoms with Crippen LogP contribution in [0.5, 0.6) is 0 Å². The van der Waals surface area contributed by atoms with E-state index in [4.69, 9.17) is 10.2 Å². The zero-order chi connectivity index (χ0) is 7.11. The molecule has 1 amide bonds. The molecule has 3 N–H and O–H groups in total. The van der Waals surface area contributed by atoms with Crippen LogP contribution in [0.3, 0.4) is 0 Å². The van der Waals surface area contributed by atoms with E-state index in [9.17, 15) is 4.79 Å². The summed E-state index contributed by atoms with van der Waals surface area (Å²) in [7, 11) is 0. The molecule has 0 spiro atoms. The molecule has 54 valence electrons. The minimum atomic E-state index is -0.711. The summed E-state index contributed by atoms with van der Waals surface area (Å²) < 4.78 is 0. The van der Waals surface area contributed by atoms with Crippen molar-refractivity contribution in [3.63, 3.8) is 0 Å². The Balaban J connectivity index is 2.96. The summed E-state index contributed by atoms with van der Waals surface area (Å²) in [4.78, 5) is 9.62. The lowest BCUT2D eigenvalue weighted by atomic mass is 10.3. The van der Waals surface area contributed by atoms with E-state index in [0.29, 0.717) is 19.4 Å². The van der Waals surface area contributed by atoms with Gasteiger partial charge in [-0.1, -0.05) is 0 Å². The normalized spacial score (nSPS) is 12.7. The van der Waals surface area contributed by atoms with E-state index in [1.807, 2.05) is 0 Å². The van der Waals surface area contributed by atoms with Crippen LogP contribution in [0.25, 0.3) is 0 Å². The highest BCUT2D eigenvalue weighted by molar-refractivity contribution is 5.45. The molecule has 0 bridgehead atoms. The fourth-order valence-corrected chi connectivity index (χ4v) is 0.400. The first-order chi connectivity index (χ1) is 4.31. The van der Waals surface area contributed by atoms with Gasteiger partial charge in [0.25, 0.3) is 0 Å². The first-order valence-electron chi connectivity index (χ1n) is 2.77. The largest absolute Gasteiger partial charge is 0.394 e. The van der Waals surface area contributed by atoms with E-state index in [0.717, 1.165) is 0 Å². The zero-order valence-corrected chi connectivity index (χ0v) is 5.08. The summed E-state index contributed by atoms with van der Waals surface area (Å²) >= 11 is 0. The number of hydrogen-bond donors (Lipinski definition) is 3. The van der Waals surface area contributed by atoms with Gasteiger partial charge in [-0.3, -0.25) is 4.79 Å². The van der Waals surface area contributed by atoms with Gasteiger partial charge in [0.05, 0.1) is 12.7 Å². The van der Waals surface area contributed by atoms with Gasteiger partial charge in [0.15, 0.2) is 0 Å². The average Bonchev–Trinajstić information content (AvgIpc) is 1.89. The molecule has 0 aromatic heterocycles. The summed E-state index contributed by atoms with van der Waals surface area (Å²) in [5.41, 5.74) is 0. The standard InChI is InChI=1S/C5H11NO3/c7-3-5(9)1-2-6-4-8/h4-5,7,9H,1-3H2,(H,6,8). The minimum absolute atomic E-state index is 0.249. The molecule has 0 saturated heterocycles. The second kappa shape index (κ2) is 5.53. The summed E-state index contributed by atoms with van der Waals surface area (Å²) in [6, 6.07) is 0. The Morgan fingerprint density at radius 2 is 2.33 bits per heavy atom. The van der Waals surface area contributed by atoms with E-state index < -0.39 is 6.10 Å². The molecular weight excluding hydrogens is 122 g/mol. The number of carbonyl (C=O) groups is 1. The molecule has 1 unspecified atom stereocenters. The van der Waals surface area contributed by atoms with Gasteiger partial charge in [-0.05, 0) is 6.42 Å². The van der Waals surface area contributed by atoms with Crippen LogP contribution < -0.4 is 5.32 Å². The van der Waals surface area contributed by atoms with Crippen molar-refractivity contribution in [1.29, 1.82) is 0 Å². The van der Waals surface area contributed by atoms with Crippen LogP contribution in [0.4, 0.5) is 0 Å². The fraction of sp³-hybridized carbons (Fsp3) is 0.800. The van der Waals surface area contributed by atoms with E-state index in [2.05, 4.69) is 5.32 Å². The molecule has 0 saturated carbocycles. The van der Waals surface area contributed by atoms with Crippen molar-refractivity contribution >= 4 is 6.41 Å². The van der Waals surface area contributed by atoms with Crippen LogP contribution in [0.2, 0.25) is 0 Å². The van der Waals surface area contributed by atoms with Crippen molar-refractivity contribution in [3.8, 4) is 0 Å². The van der Waals surface area contributed by atoms with Gasteiger partial charge in [-0.2, -0.15) is 0 Å². The predicted octanol–water partition coefficient (Wildman–Crippen LogP) is -1.52. The van der Waals surface area contributed by atoms with E-state index in [1.54, 1.807) is 0 Å². The molecular formula is C5H11NO3. The number of aliphatic hydroxyl groups excluding tert-OH is 2. The monoisotopic (exact) mass is 133 g/mol. The lowest BCUT2D eigenvalue weighted by Crippen LogP contribution is -2.21. The van der Waals surface area contributed by atoms with Crippen LogP contribution in [0.15, 0.2) is 0 Å². The molecule has 0 aromatic rings. The molecule has 0 aliphatic carbocycles. The Kier molecular flexibility index (Phi) is 5.15. The Morgan fingerprint density at radius 3 is 2.78 bits per heavy atom. The van der Waals surface area contributed by atoms with Crippen molar-refractivity contribution in [2.24, 2.45) is 0 Å². The molecule has 9 heavy (non-hydrogen) atoms. The smallest absolute Gasteiger partial charge is 0.207 e. The quantitative estimate of drug-likeness (QED) is 0.315. The number of hydrogen-bond acceptors (Lipinski definition) is 3. The first-order valence-corrected chi connectivity index (χ1v) is 2.77. The first kappa shape index (κ1) is 8.39. The van der Waals surface area contributed by atoms with Crippen molar-refractivity contribution in [1.82, 2.24) is 5.32 Å². The predicted molar refractivity (Wildman–Crippen MR) is 31.8 cm³/mol. The molecule has 0 heterocycles. The summed E-state index contributed by atoms with van der Waals surface area (Å²) in [6.07, 6.45) is 0.247. The number of nitrogens with one attached hydrogen (secondary N) is 1. The summed E-state index contributed by atoms with van der Waals surface area (Å²) in [5.74, 6) is 0. The van der Waals surface area contributed by atoms with Crippen molar-refractivity contribution in [2.75, 3.05) is 13.2 Å². The lowest BCUT2D eigenvalue weighted by molar-refractivity contribution is -0.109. The van der Waals surface area contributed by atoms with Gasteiger partial charge in [0.1, 0.15) is 0 Å². The summed E-state index contributed by atoms with van der Waals surface area (Å²) in [5, 5.41) is 19.3. The highest BCUT2D eigenvalue weighted by Crippen LogP contribution is 1.85. The highest BCUT2D eigenvalue weighted by atomic mass is 16.3. The van der Waals surface area contributed by atoms with Gasteiger partial charge < -0.3 is 15.5 Å².